The first-order valence-electron chi connectivity index (χ1n) is 8.88. The highest BCUT2D eigenvalue weighted by Crippen LogP contribution is 2.19. The van der Waals surface area contributed by atoms with E-state index in [1.165, 1.54) is 16.8 Å². The summed E-state index contributed by atoms with van der Waals surface area (Å²) in [5.74, 6) is -0.919. The van der Waals surface area contributed by atoms with Gasteiger partial charge in [-0.2, -0.15) is 0 Å². The lowest BCUT2D eigenvalue weighted by molar-refractivity contribution is -0.136. The number of hydrogen-bond acceptors (Lipinski definition) is 4. The SMILES string of the molecule is Cc1c(NS(=O)(=O)c2ccc(CCC(=O)O)cc2)c(=O)n(-c2ccccc2)n1C. The van der Waals surface area contributed by atoms with Crippen LogP contribution in [0.1, 0.15) is 17.7 Å². The molecule has 3 aromatic rings. The van der Waals surface area contributed by atoms with Crippen molar-refractivity contribution in [1.82, 2.24) is 9.36 Å². The van der Waals surface area contributed by atoms with Gasteiger partial charge in [0.1, 0.15) is 5.69 Å². The minimum Gasteiger partial charge on any atom is -0.481 e. The molecule has 1 heterocycles. The maximum atomic E-state index is 12.9. The number of aliphatic carboxylic acids is 1. The molecule has 2 aromatic carbocycles. The van der Waals surface area contributed by atoms with E-state index in [2.05, 4.69) is 4.72 Å². The Morgan fingerprint density at radius 1 is 1.07 bits per heavy atom. The first-order chi connectivity index (χ1) is 13.7. The number of para-hydroxylation sites is 1. The third-order valence-corrected chi connectivity index (χ3v) is 6.02. The van der Waals surface area contributed by atoms with Gasteiger partial charge in [-0.25, -0.2) is 13.1 Å². The number of rotatable bonds is 7. The minimum absolute atomic E-state index is 0.00881. The van der Waals surface area contributed by atoms with E-state index in [9.17, 15) is 18.0 Å². The van der Waals surface area contributed by atoms with Crippen LogP contribution >= 0.6 is 0 Å². The Morgan fingerprint density at radius 3 is 2.28 bits per heavy atom. The summed E-state index contributed by atoms with van der Waals surface area (Å²) in [5, 5.41) is 8.74. The molecule has 9 heteroatoms. The predicted molar refractivity (Wildman–Crippen MR) is 109 cm³/mol. The van der Waals surface area contributed by atoms with Gasteiger partial charge in [0.15, 0.2) is 0 Å². The lowest BCUT2D eigenvalue weighted by Gasteiger charge is -2.08. The fourth-order valence-corrected chi connectivity index (χ4v) is 4.08. The highest BCUT2D eigenvalue weighted by molar-refractivity contribution is 7.92. The predicted octanol–water partition coefficient (Wildman–Crippen LogP) is 2.30. The highest BCUT2D eigenvalue weighted by Gasteiger charge is 2.22. The number of nitrogens with zero attached hydrogens (tertiary/aromatic N) is 2. The zero-order chi connectivity index (χ0) is 21.2. The second-order valence-corrected chi connectivity index (χ2v) is 8.26. The smallest absolute Gasteiger partial charge is 0.303 e. The monoisotopic (exact) mass is 415 g/mol. The maximum absolute atomic E-state index is 12.9. The molecule has 0 aliphatic rings. The standard InChI is InChI=1S/C20H21N3O5S/c1-14-19(20(26)23(22(14)2)16-6-4-3-5-7-16)21-29(27,28)17-11-8-15(9-12-17)10-13-18(24)25/h3-9,11-12,21H,10,13H2,1-2H3,(H,24,25). The number of carboxylic acid groups (broad SMARTS) is 1. The summed E-state index contributed by atoms with van der Waals surface area (Å²) in [6.07, 6.45) is 0.273. The summed E-state index contributed by atoms with van der Waals surface area (Å²) in [7, 11) is -2.31. The molecule has 0 fully saturated rings. The maximum Gasteiger partial charge on any atom is 0.303 e. The molecule has 0 unspecified atom stereocenters. The Morgan fingerprint density at radius 2 is 1.69 bits per heavy atom. The molecule has 2 N–H and O–H groups in total. The van der Waals surface area contributed by atoms with Crippen LogP contribution < -0.4 is 10.3 Å². The molecule has 0 aliphatic heterocycles. The van der Waals surface area contributed by atoms with Gasteiger partial charge in [-0.05, 0) is 43.2 Å². The van der Waals surface area contributed by atoms with E-state index in [1.807, 2.05) is 6.07 Å². The third kappa shape index (κ3) is 4.24. The first kappa shape index (κ1) is 20.4. The van der Waals surface area contributed by atoms with Gasteiger partial charge >= 0.3 is 5.97 Å². The van der Waals surface area contributed by atoms with Crippen LogP contribution in [0, 0.1) is 6.92 Å². The van der Waals surface area contributed by atoms with Crippen LogP contribution in [-0.2, 0) is 28.3 Å². The molecule has 0 aliphatic carbocycles. The summed E-state index contributed by atoms with van der Waals surface area (Å²) < 4.78 is 30.9. The number of anilines is 1. The van der Waals surface area contributed by atoms with E-state index >= 15 is 0 Å². The molecule has 0 amide bonds. The van der Waals surface area contributed by atoms with Gasteiger partial charge < -0.3 is 5.11 Å². The molecule has 3 rings (SSSR count). The number of carboxylic acids is 1. The molecule has 29 heavy (non-hydrogen) atoms. The van der Waals surface area contributed by atoms with Crippen LogP contribution in [0.15, 0.2) is 64.3 Å². The van der Waals surface area contributed by atoms with Crippen LogP contribution in [0.3, 0.4) is 0 Å². The average molecular weight is 415 g/mol. The normalized spacial score (nSPS) is 11.4. The Hall–Kier alpha value is -3.33. The molecular formula is C20H21N3O5S. The molecule has 0 radical (unpaired) electrons. The number of hydrogen-bond donors (Lipinski definition) is 2. The number of sulfonamides is 1. The summed E-state index contributed by atoms with van der Waals surface area (Å²) in [4.78, 5) is 23.5. The number of benzene rings is 2. The van der Waals surface area contributed by atoms with Gasteiger partial charge in [0, 0.05) is 13.5 Å². The van der Waals surface area contributed by atoms with Crippen molar-refractivity contribution in [3.05, 3.63) is 76.2 Å². The van der Waals surface area contributed by atoms with Crippen LogP contribution in [0.4, 0.5) is 5.69 Å². The zero-order valence-electron chi connectivity index (χ0n) is 16.0. The second kappa shape index (κ2) is 7.96. The Labute approximate surface area is 168 Å². The molecular weight excluding hydrogens is 394 g/mol. The Bertz CT molecular complexity index is 1190. The topological polar surface area (TPSA) is 110 Å². The van der Waals surface area contributed by atoms with Crippen molar-refractivity contribution in [2.24, 2.45) is 7.05 Å². The van der Waals surface area contributed by atoms with Crippen molar-refractivity contribution in [3.8, 4) is 5.69 Å². The quantitative estimate of drug-likeness (QED) is 0.615. The molecule has 0 atom stereocenters. The van der Waals surface area contributed by atoms with E-state index in [1.54, 1.807) is 55.1 Å². The number of aromatic nitrogens is 2. The van der Waals surface area contributed by atoms with Crippen molar-refractivity contribution in [1.29, 1.82) is 0 Å². The lowest BCUT2D eigenvalue weighted by atomic mass is 10.1. The van der Waals surface area contributed by atoms with Crippen LogP contribution in [0.25, 0.3) is 5.69 Å². The molecule has 8 nitrogen and oxygen atoms in total. The average Bonchev–Trinajstić information content (AvgIpc) is 2.90. The van der Waals surface area contributed by atoms with Crippen LogP contribution in [0.2, 0.25) is 0 Å². The molecule has 0 bridgehead atoms. The van der Waals surface area contributed by atoms with Gasteiger partial charge in [-0.15, -0.1) is 0 Å². The second-order valence-electron chi connectivity index (χ2n) is 6.58. The Balaban J connectivity index is 1.91. The zero-order valence-corrected chi connectivity index (χ0v) is 16.8. The lowest BCUT2D eigenvalue weighted by Crippen LogP contribution is -2.23. The van der Waals surface area contributed by atoms with E-state index in [0.29, 0.717) is 23.4 Å². The summed E-state index contributed by atoms with van der Waals surface area (Å²) >= 11 is 0. The third-order valence-electron chi connectivity index (χ3n) is 4.65. The van der Waals surface area contributed by atoms with Gasteiger partial charge in [0.05, 0.1) is 16.3 Å². The van der Waals surface area contributed by atoms with E-state index in [4.69, 9.17) is 5.11 Å². The Kier molecular flexibility index (Phi) is 5.60. The number of carbonyl (C=O) groups is 1. The van der Waals surface area contributed by atoms with Crippen molar-refractivity contribution >= 4 is 21.7 Å². The van der Waals surface area contributed by atoms with E-state index < -0.39 is 21.6 Å². The molecule has 0 spiro atoms. The summed E-state index contributed by atoms with van der Waals surface area (Å²) in [6, 6.07) is 14.9. The minimum atomic E-state index is -3.98. The van der Waals surface area contributed by atoms with E-state index in [0.717, 1.165) is 0 Å². The van der Waals surface area contributed by atoms with Gasteiger partial charge in [0.25, 0.3) is 15.6 Å². The fourth-order valence-electron chi connectivity index (χ4n) is 2.97. The van der Waals surface area contributed by atoms with Crippen LogP contribution in [0.5, 0.6) is 0 Å². The molecule has 1 aromatic heterocycles. The van der Waals surface area contributed by atoms with Gasteiger partial charge in [-0.1, -0.05) is 30.3 Å². The number of nitrogens with one attached hydrogen (secondary N) is 1. The van der Waals surface area contributed by atoms with Gasteiger partial charge in [-0.3, -0.25) is 19.0 Å². The molecule has 152 valence electrons. The van der Waals surface area contributed by atoms with Crippen molar-refractivity contribution in [3.63, 3.8) is 0 Å². The van der Waals surface area contributed by atoms with Crippen molar-refractivity contribution in [2.45, 2.75) is 24.7 Å². The largest absolute Gasteiger partial charge is 0.481 e. The van der Waals surface area contributed by atoms with Crippen molar-refractivity contribution in [2.75, 3.05) is 4.72 Å². The molecule has 0 saturated carbocycles. The number of aryl methyl sites for hydroxylation is 1. The van der Waals surface area contributed by atoms with Crippen molar-refractivity contribution < 1.29 is 18.3 Å². The highest BCUT2D eigenvalue weighted by atomic mass is 32.2. The molecule has 0 saturated heterocycles. The fraction of sp³-hybridized carbons (Fsp3) is 0.200. The first-order valence-corrected chi connectivity index (χ1v) is 10.4. The summed E-state index contributed by atoms with van der Waals surface area (Å²) in [5.41, 5.74) is 1.31. The summed E-state index contributed by atoms with van der Waals surface area (Å²) in [6.45, 7) is 1.66. The van der Waals surface area contributed by atoms with Crippen LogP contribution in [-0.4, -0.2) is 28.9 Å². The van der Waals surface area contributed by atoms with E-state index in [-0.39, 0.29) is 17.0 Å². The van der Waals surface area contributed by atoms with Gasteiger partial charge in [0.2, 0.25) is 0 Å².